The fourth-order valence-corrected chi connectivity index (χ4v) is 4.22. The van der Waals surface area contributed by atoms with Crippen LogP contribution in [-0.4, -0.2) is 18.4 Å². The van der Waals surface area contributed by atoms with Gasteiger partial charge < -0.3 is 9.97 Å². The Kier molecular flexibility index (Phi) is 3.52. The van der Waals surface area contributed by atoms with E-state index in [1.807, 2.05) is 0 Å². The molecule has 0 bridgehead atoms. The summed E-state index contributed by atoms with van der Waals surface area (Å²) < 4.78 is 26.1. The van der Waals surface area contributed by atoms with Gasteiger partial charge >= 0.3 is 9.75 Å². The number of nitrogens with one attached hydrogen (secondary N) is 3. The quantitative estimate of drug-likeness (QED) is 0.736. The van der Waals surface area contributed by atoms with Crippen LogP contribution < -0.4 is 14.5 Å². The predicted molar refractivity (Wildman–Crippen MR) is 68.6 cm³/mol. The number of H-pyrrole nitrogens is 2. The molecule has 0 saturated carbocycles. The van der Waals surface area contributed by atoms with Gasteiger partial charge in [0, 0.05) is 16.8 Å². The average molecular weight is 307 g/mol. The second-order valence-electron chi connectivity index (χ2n) is 3.42. The van der Waals surface area contributed by atoms with Crippen molar-refractivity contribution in [1.82, 2.24) is 14.7 Å². The maximum absolute atomic E-state index is 11.9. The Labute approximate surface area is 110 Å². The highest BCUT2D eigenvalue weighted by molar-refractivity contribution is 7.91. The van der Waals surface area contributed by atoms with Gasteiger partial charge in [0.1, 0.15) is 0 Å². The highest BCUT2D eigenvalue weighted by Crippen LogP contribution is 2.15. The van der Waals surface area contributed by atoms with Crippen molar-refractivity contribution in [2.45, 2.75) is 17.7 Å². The van der Waals surface area contributed by atoms with E-state index in [0.717, 1.165) is 11.3 Å². The van der Waals surface area contributed by atoms with E-state index in [-0.39, 0.29) is 15.6 Å². The molecule has 0 saturated heterocycles. The van der Waals surface area contributed by atoms with Crippen molar-refractivity contribution >= 4 is 32.7 Å². The van der Waals surface area contributed by atoms with E-state index in [1.165, 1.54) is 12.3 Å². The number of aryl methyl sites for hydroxylation is 1. The molecular formula is C8H9N3O4S3. The summed E-state index contributed by atoms with van der Waals surface area (Å²) >= 11 is 1.59. The summed E-state index contributed by atoms with van der Waals surface area (Å²) in [6.45, 7) is 1.49. The van der Waals surface area contributed by atoms with E-state index in [1.54, 1.807) is 0 Å². The highest BCUT2D eigenvalue weighted by Gasteiger charge is 2.20. The molecule has 0 aromatic carbocycles. The molecule has 0 aliphatic heterocycles. The van der Waals surface area contributed by atoms with Crippen LogP contribution in [0.5, 0.6) is 0 Å². The van der Waals surface area contributed by atoms with Gasteiger partial charge in [0.2, 0.25) is 0 Å². The molecule has 0 aliphatic carbocycles. The van der Waals surface area contributed by atoms with Crippen LogP contribution >= 0.6 is 22.7 Å². The van der Waals surface area contributed by atoms with Gasteiger partial charge in [-0.15, -0.1) is 0 Å². The van der Waals surface area contributed by atoms with Gasteiger partial charge in [0.25, 0.3) is 10.0 Å². The van der Waals surface area contributed by atoms with Crippen molar-refractivity contribution in [2.24, 2.45) is 0 Å². The lowest BCUT2D eigenvalue weighted by atomic mass is 10.5. The van der Waals surface area contributed by atoms with Crippen LogP contribution in [0.25, 0.3) is 0 Å². The maximum atomic E-state index is 11.9. The standard InChI is InChI=1S/C8H9N3O4S3/c1-4-6(17-8(13)10-4)18(14,15)9-2-5-3-16-7(12)11-5/h3,9H,2H2,1H3,(H,10,13)(H,11,12). The molecule has 2 rings (SSSR count). The molecule has 0 aliphatic rings. The van der Waals surface area contributed by atoms with Gasteiger partial charge in [0.05, 0.1) is 6.54 Å². The first-order valence-corrected chi connectivity index (χ1v) is 7.92. The summed E-state index contributed by atoms with van der Waals surface area (Å²) in [4.78, 5) is 26.2. The van der Waals surface area contributed by atoms with Gasteiger partial charge in [-0.25, -0.2) is 13.1 Å². The van der Waals surface area contributed by atoms with Crippen molar-refractivity contribution in [1.29, 1.82) is 0 Å². The normalized spacial score (nSPS) is 11.8. The van der Waals surface area contributed by atoms with Crippen LogP contribution in [-0.2, 0) is 16.6 Å². The fraction of sp³-hybridized carbons (Fsp3) is 0.250. The maximum Gasteiger partial charge on any atom is 0.305 e. The summed E-state index contributed by atoms with van der Waals surface area (Å²) in [5, 5.41) is 1.54. The summed E-state index contributed by atoms with van der Waals surface area (Å²) in [5.74, 6) is 0. The molecule has 0 radical (unpaired) electrons. The number of thiazole rings is 2. The van der Waals surface area contributed by atoms with Crippen LogP contribution in [0.3, 0.4) is 0 Å². The molecule has 2 aromatic rings. The molecule has 18 heavy (non-hydrogen) atoms. The number of hydrogen-bond acceptors (Lipinski definition) is 6. The molecule has 98 valence electrons. The van der Waals surface area contributed by atoms with Crippen molar-refractivity contribution in [3.05, 3.63) is 36.1 Å². The van der Waals surface area contributed by atoms with E-state index >= 15 is 0 Å². The summed E-state index contributed by atoms with van der Waals surface area (Å²) in [5.41, 5.74) is 0.783. The Morgan fingerprint density at radius 2 is 2.00 bits per heavy atom. The van der Waals surface area contributed by atoms with Gasteiger partial charge in [-0.1, -0.05) is 22.7 Å². The summed E-state index contributed by atoms with van der Waals surface area (Å²) in [7, 11) is -3.74. The Balaban J connectivity index is 2.20. The molecule has 0 fully saturated rings. The zero-order valence-corrected chi connectivity index (χ0v) is 11.6. The fourth-order valence-electron chi connectivity index (χ4n) is 1.29. The number of rotatable bonds is 4. The zero-order valence-electron chi connectivity index (χ0n) is 9.14. The molecule has 0 spiro atoms. The largest absolute Gasteiger partial charge is 0.315 e. The number of aromatic nitrogens is 2. The molecule has 0 unspecified atom stereocenters. The van der Waals surface area contributed by atoms with Crippen molar-refractivity contribution < 1.29 is 8.42 Å². The minimum absolute atomic E-state index is 0.0212. The lowest BCUT2D eigenvalue weighted by molar-refractivity contribution is 0.582. The monoisotopic (exact) mass is 307 g/mol. The van der Waals surface area contributed by atoms with Crippen LogP contribution in [0.1, 0.15) is 11.4 Å². The average Bonchev–Trinajstić information content (AvgIpc) is 2.82. The van der Waals surface area contributed by atoms with Crippen molar-refractivity contribution in [2.75, 3.05) is 0 Å². The first-order valence-electron chi connectivity index (χ1n) is 4.74. The third-order valence-corrected chi connectivity index (χ3v) is 5.77. The lowest BCUT2D eigenvalue weighted by Gasteiger charge is -2.03. The van der Waals surface area contributed by atoms with E-state index in [2.05, 4.69) is 14.7 Å². The van der Waals surface area contributed by atoms with Crippen LogP contribution in [0.4, 0.5) is 0 Å². The predicted octanol–water partition coefficient (Wildman–Crippen LogP) is -0.0269. The highest BCUT2D eigenvalue weighted by atomic mass is 32.2. The topological polar surface area (TPSA) is 112 Å². The number of aromatic amines is 2. The third-order valence-electron chi connectivity index (χ3n) is 2.05. The Morgan fingerprint density at radius 3 is 2.50 bits per heavy atom. The zero-order chi connectivity index (χ0) is 13.3. The Bertz CT molecular complexity index is 764. The molecular weight excluding hydrogens is 298 g/mol. The van der Waals surface area contributed by atoms with E-state index in [0.29, 0.717) is 22.7 Å². The molecule has 3 N–H and O–H groups in total. The first kappa shape index (κ1) is 13.2. The summed E-state index contributed by atoms with van der Waals surface area (Å²) in [6, 6.07) is 0. The third kappa shape index (κ3) is 2.77. The second kappa shape index (κ2) is 4.80. The van der Waals surface area contributed by atoms with E-state index in [9.17, 15) is 18.0 Å². The Morgan fingerprint density at radius 1 is 1.28 bits per heavy atom. The molecule has 7 nitrogen and oxygen atoms in total. The first-order chi connectivity index (χ1) is 8.38. The molecule has 2 heterocycles. The van der Waals surface area contributed by atoms with Gasteiger partial charge in [-0.05, 0) is 6.92 Å². The smallest absolute Gasteiger partial charge is 0.305 e. The Hall–Kier alpha value is -1.23. The minimum Gasteiger partial charge on any atom is -0.315 e. The van der Waals surface area contributed by atoms with E-state index in [4.69, 9.17) is 0 Å². The lowest BCUT2D eigenvalue weighted by Crippen LogP contribution is -2.23. The van der Waals surface area contributed by atoms with Crippen LogP contribution in [0.2, 0.25) is 0 Å². The number of hydrogen-bond donors (Lipinski definition) is 3. The summed E-state index contributed by atoms with van der Waals surface area (Å²) in [6.07, 6.45) is 0. The minimum atomic E-state index is -3.74. The van der Waals surface area contributed by atoms with E-state index < -0.39 is 14.9 Å². The van der Waals surface area contributed by atoms with Crippen molar-refractivity contribution in [3.8, 4) is 0 Å². The molecule has 2 aromatic heterocycles. The number of sulfonamides is 1. The van der Waals surface area contributed by atoms with Crippen LogP contribution in [0, 0.1) is 6.92 Å². The van der Waals surface area contributed by atoms with Crippen molar-refractivity contribution in [3.63, 3.8) is 0 Å². The van der Waals surface area contributed by atoms with Gasteiger partial charge in [-0.2, -0.15) is 0 Å². The van der Waals surface area contributed by atoms with Gasteiger partial charge in [0.15, 0.2) is 4.21 Å². The second-order valence-corrected chi connectivity index (χ2v) is 7.21. The molecule has 0 atom stereocenters. The SMILES string of the molecule is Cc1[nH]c(=O)sc1S(=O)(=O)NCc1csc(=O)[nH]1. The van der Waals surface area contributed by atoms with Crippen LogP contribution in [0.15, 0.2) is 19.2 Å². The van der Waals surface area contributed by atoms with Gasteiger partial charge in [-0.3, -0.25) is 9.59 Å². The molecule has 0 amide bonds. The molecule has 10 heteroatoms.